The SMILES string of the molecule is CCCCCCn1c(C)cc(=O)c(O)c1CN(CC)CC. The molecule has 0 aliphatic carbocycles. The number of hydrogen-bond acceptors (Lipinski definition) is 3. The first-order valence-electron chi connectivity index (χ1n) is 8.19. The maximum absolute atomic E-state index is 11.9. The summed E-state index contributed by atoms with van der Waals surface area (Å²) in [6.07, 6.45) is 4.72. The van der Waals surface area contributed by atoms with E-state index in [4.69, 9.17) is 0 Å². The van der Waals surface area contributed by atoms with Crippen LogP contribution in [0.15, 0.2) is 10.9 Å². The Labute approximate surface area is 128 Å². The molecule has 1 heterocycles. The third-order valence-corrected chi connectivity index (χ3v) is 4.10. The lowest BCUT2D eigenvalue weighted by molar-refractivity contribution is 0.278. The van der Waals surface area contributed by atoms with Crippen molar-refractivity contribution in [3.05, 3.63) is 27.7 Å². The predicted octanol–water partition coefficient (Wildman–Crippen LogP) is 3.28. The van der Waals surface area contributed by atoms with Crippen molar-refractivity contribution in [3.63, 3.8) is 0 Å². The summed E-state index contributed by atoms with van der Waals surface area (Å²) in [6, 6.07) is 1.54. The molecular formula is C17H30N2O2. The number of hydrogen-bond donors (Lipinski definition) is 1. The molecule has 0 aromatic carbocycles. The fourth-order valence-electron chi connectivity index (χ4n) is 2.65. The summed E-state index contributed by atoms with van der Waals surface area (Å²) in [6.45, 7) is 11.7. The highest BCUT2D eigenvalue weighted by molar-refractivity contribution is 5.29. The van der Waals surface area contributed by atoms with Gasteiger partial charge in [0.15, 0.2) is 5.75 Å². The molecule has 0 saturated heterocycles. The van der Waals surface area contributed by atoms with Crippen molar-refractivity contribution < 1.29 is 5.11 Å². The van der Waals surface area contributed by atoms with Gasteiger partial charge in [0.05, 0.1) is 5.69 Å². The van der Waals surface area contributed by atoms with Crippen LogP contribution in [0.3, 0.4) is 0 Å². The normalized spacial score (nSPS) is 11.3. The van der Waals surface area contributed by atoms with Gasteiger partial charge in [-0.25, -0.2) is 0 Å². The Morgan fingerprint density at radius 3 is 2.38 bits per heavy atom. The second kappa shape index (κ2) is 8.88. The first kappa shape index (κ1) is 17.8. The second-order valence-corrected chi connectivity index (χ2v) is 5.62. The van der Waals surface area contributed by atoms with E-state index < -0.39 is 0 Å². The van der Waals surface area contributed by atoms with Crippen LogP contribution in [0.25, 0.3) is 0 Å². The monoisotopic (exact) mass is 294 g/mol. The standard InChI is InChI=1S/C17H30N2O2/c1-5-8-9-10-11-19-14(4)12-16(20)17(21)15(19)13-18(6-2)7-3/h12,21H,5-11,13H2,1-4H3. The zero-order valence-corrected chi connectivity index (χ0v) is 14.0. The molecule has 4 heteroatoms. The molecule has 0 aliphatic heterocycles. The number of unbranched alkanes of at least 4 members (excludes halogenated alkanes) is 3. The largest absolute Gasteiger partial charge is 0.503 e. The van der Waals surface area contributed by atoms with Crippen LogP contribution in [0.4, 0.5) is 0 Å². The van der Waals surface area contributed by atoms with Crippen LogP contribution in [-0.4, -0.2) is 27.7 Å². The maximum atomic E-state index is 11.9. The lowest BCUT2D eigenvalue weighted by Crippen LogP contribution is -2.27. The summed E-state index contributed by atoms with van der Waals surface area (Å²) in [5.41, 5.74) is 1.44. The van der Waals surface area contributed by atoms with Crippen molar-refractivity contribution in [1.82, 2.24) is 9.47 Å². The van der Waals surface area contributed by atoms with Crippen LogP contribution in [0.1, 0.15) is 57.8 Å². The van der Waals surface area contributed by atoms with Crippen LogP contribution in [0.5, 0.6) is 5.75 Å². The van der Waals surface area contributed by atoms with Gasteiger partial charge in [-0.1, -0.05) is 40.0 Å². The van der Waals surface area contributed by atoms with Crippen LogP contribution in [0, 0.1) is 6.92 Å². The Morgan fingerprint density at radius 1 is 1.14 bits per heavy atom. The van der Waals surface area contributed by atoms with E-state index in [-0.39, 0.29) is 11.2 Å². The number of aromatic nitrogens is 1. The summed E-state index contributed by atoms with van der Waals surface area (Å²) in [4.78, 5) is 14.1. The lowest BCUT2D eigenvalue weighted by atomic mass is 10.1. The van der Waals surface area contributed by atoms with Crippen LogP contribution >= 0.6 is 0 Å². The quantitative estimate of drug-likeness (QED) is 0.711. The lowest BCUT2D eigenvalue weighted by Gasteiger charge is -2.23. The van der Waals surface area contributed by atoms with Crippen LogP contribution < -0.4 is 5.43 Å². The minimum absolute atomic E-state index is 0.0806. The fourth-order valence-corrected chi connectivity index (χ4v) is 2.65. The highest BCUT2D eigenvalue weighted by Gasteiger charge is 2.15. The van der Waals surface area contributed by atoms with Gasteiger partial charge >= 0.3 is 0 Å². The predicted molar refractivity (Wildman–Crippen MR) is 87.9 cm³/mol. The van der Waals surface area contributed by atoms with Crippen molar-refractivity contribution in [2.75, 3.05) is 13.1 Å². The van der Waals surface area contributed by atoms with E-state index >= 15 is 0 Å². The Balaban J connectivity index is 3.03. The third kappa shape index (κ3) is 4.88. The zero-order chi connectivity index (χ0) is 15.8. The Kier molecular flexibility index (Phi) is 7.51. The van der Waals surface area contributed by atoms with Gasteiger partial charge in [-0.15, -0.1) is 0 Å². The van der Waals surface area contributed by atoms with Gasteiger partial charge in [0, 0.05) is 24.8 Å². The van der Waals surface area contributed by atoms with E-state index in [0.29, 0.717) is 6.54 Å². The summed E-state index contributed by atoms with van der Waals surface area (Å²) < 4.78 is 2.12. The zero-order valence-electron chi connectivity index (χ0n) is 14.0. The molecule has 0 fully saturated rings. The highest BCUT2D eigenvalue weighted by atomic mass is 16.3. The van der Waals surface area contributed by atoms with Gasteiger partial charge in [-0.2, -0.15) is 0 Å². The molecule has 1 aromatic rings. The molecule has 1 rings (SSSR count). The van der Waals surface area contributed by atoms with Gasteiger partial charge in [0.2, 0.25) is 5.43 Å². The third-order valence-electron chi connectivity index (χ3n) is 4.10. The van der Waals surface area contributed by atoms with Crippen molar-refractivity contribution in [2.24, 2.45) is 0 Å². The summed E-state index contributed by atoms with van der Waals surface area (Å²) in [5, 5.41) is 10.2. The van der Waals surface area contributed by atoms with Gasteiger partial charge in [0.25, 0.3) is 0 Å². The topological polar surface area (TPSA) is 45.5 Å². The molecule has 1 aromatic heterocycles. The molecule has 21 heavy (non-hydrogen) atoms. The maximum Gasteiger partial charge on any atom is 0.223 e. The summed E-state index contributed by atoms with van der Waals surface area (Å²) >= 11 is 0. The number of nitrogens with zero attached hydrogens (tertiary/aromatic N) is 2. The van der Waals surface area contributed by atoms with Gasteiger partial charge in [-0.3, -0.25) is 9.69 Å². The minimum atomic E-state index is -0.264. The average Bonchev–Trinajstić information content (AvgIpc) is 2.47. The number of aromatic hydroxyl groups is 1. The van der Waals surface area contributed by atoms with E-state index in [9.17, 15) is 9.90 Å². The first-order chi connectivity index (χ1) is 10.0. The summed E-state index contributed by atoms with van der Waals surface area (Å²) in [5.74, 6) is -0.0806. The number of pyridine rings is 1. The molecule has 0 aliphatic rings. The van der Waals surface area contributed by atoms with Crippen LogP contribution in [0.2, 0.25) is 0 Å². The average molecular weight is 294 g/mol. The smallest absolute Gasteiger partial charge is 0.223 e. The second-order valence-electron chi connectivity index (χ2n) is 5.62. The molecule has 4 nitrogen and oxygen atoms in total. The Hall–Kier alpha value is -1.29. The van der Waals surface area contributed by atoms with E-state index in [0.717, 1.165) is 37.4 Å². The molecule has 0 saturated carbocycles. The van der Waals surface area contributed by atoms with Gasteiger partial charge in [-0.05, 0) is 26.4 Å². The van der Waals surface area contributed by atoms with Crippen molar-refractivity contribution in [3.8, 4) is 5.75 Å². The Morgan fingerprint density at radius 2 is 1.81 bits per heavy atom. The summed E-state index contributed by atoms with van der Waals surface area (Å²) in [7, 11) is 0. The molecule has 0 radical (unpaired) electrons. The van der Waals surface area contributed by atoms with Crippen LogP contribution in [-0.2, 0) is 13.1 Å². The van der Waals surface area contributed by atoms with E-state index in [2.05, 4.69) is 30.2 Å². The first-order valence-corrected chi connectivity index (χ1v) is 8.19. The molecule has 0 unspecified atom stereocenters. The molecule has 0 spiro atoms. The number of aryl methyl sites for hydroxylation is 1. The molecule has 0 amide bonds. The van der Waals surface area contributed by atoms with E-state index in [1.165, 1.54) is 19.3 Å². The molecular weight excluding hydrogens is 264 g/mol. The molecule has 120 valence electrons. The van der Waals surface area contributed by atoms with E-state index in [1.54, 1.807) is 6.07 Å². The molecule has 0 atom stereocenters. The Bertz CT molecular complexity index is 490. The van der Waals surface area contributed by atoms with Crippen molar-refractivity contribution in [2.45, 2.75) is 66.5 Å². The van der Waals surface area contributed by atoms with Gasteiger partial charge < -0.3 is 9.67 Å². The van der Waals surface area contributed by atoms with Crippen molar-refractivity contribution >= 4 is 0 Å². The van der Waals surface area contributed by atoms with Gasteiger partial charge in [0.1, 0.15) is 0 Å². The van der Waals surface area contributed by atoms with E-state index in [1.807, 2.05) is 6.92 Å². The van der Waals surface area contributed by atoms with Crippen molar-refractivity contribution in [1.29, 1.82) is 0 Å². The highest BCUT2D eigenvalue weighted by Crippen LogP contribution is 2.18. The molecule has 1 N–H and O–H groups in total. The fraction of sp³-hybridized carbons (Fsp3) is 0.706. The number of rotatable bonds is 9. The molecule has 0 bridgehead atoms. The minimum Gasteiger partial charge on any atom is -0.503 e.